The Kier molecular flexibility index (Phi) is 3.51. The van der Waals surface area contributed by atoms with Gasteiger partial charge in [-0.05, 0) is 46.6 Å². The first-order chi connectivity index (χ1) is 7.66. The fourth-order valence-corrected chi connectivity index (χ4v) is 2.40. The Hall–Kier alpha value is -1.00. The van der Waals surface area contributed by atoms with Crippen LogP contribution in [0.25, 0.3) is 0 Å². The Balaban J connectivity index is 2.27. The molecular weight excluding hydrogens is 284 g/mol. The number of hydrogen-bond acceptors (Lipinski definition) is 3. The quantitative estimate of drug-likeness (QED) is 0.854. The molecule has 0 amide bonds. The molecule has 1 aromatic heterocycles. The lowest BCUT2D eigenvalue weighted by Gasteiger charge is -2.06. The molecule has 2 aromatic rings. The number of benzene rings is 1. The zero-order valence-electron chi connectivity index (χ0n) is 8.77. The highest BCUT2D eigenvalue weighted by Crippen LogP contribution is 2.32. The van der Waals surface area contributed by atoms with Gasteiger partial charge in [0.1, 0.15) is 5.03 Å². The maximum Gasteiger partial charge on any atom is 0.101 e. The van der Waals surface area contributed by atoms with Gasteiger partial charge in [0, 0.05) is 21.3 Å². The van der Waals surface area contributed by atoms with Gasteiger partial charge in [-0.3, -0.25) is 0 Å². The zero-order valence-corrected chi connectivity index (χ0v) is 11.2. The minimum atomic E-state index is 0.831. The molecule has 2 N–H and O–H groups in total. The monoisotopic (exact) mass is 294 g/mol. The topological polar surface area (TPSA) is 38.9 Å². The van der Waals surface area contributed by atoms with Gasteiger partial charge in [0.2, 0.25) is 0 Å². The summed E-state index contributed by atoms with van der Waals surface area (Å²) >= 11 is 4.94. The third kappa shape index (κ3) is 2.57. The third-order valence-electron chi connectivity index (χ3n) is 2.20. The summed E-state index contributed by atoms with van der Waals surface area (Å²) in [4.78, 5) is 5.36. The predicted octanol–water partition coefficient (Wildman–Crippen LogP) is 3.89. The number of aryl methyl sites for hydroxylation is 1. The molecule has 1 heterocycles. The van der Waals surface area contributed by atoms with Crippen molar-refractivity contribution < 1.29 is 0 Å². The molecule has 0 saturated heterocycles. The standard InChI is InChI=1S/C12H11BrN2S/c1-8-3-2-4-10(12(8)14)16-11-6-5-9(13)7-15-11/h2-7H,14H2,1H3. The molecule has 0 atom stereocenters. The molecule has 82 valence electrons. The number of hydrogen-bond donors (Lipinski definition) is 1. The number of nitrogens with two attached hydrogens (primary N) is 1. The van der Waals surface area contributed by atoms with E-state index in [2.05, 4.69) is 20.9 Å². The highest BCUT2D eigenvalue weighted by Gasteiger charge is 2.04. The molecule has 0 saturated carbocycles. The van der Waals surface area contributed by atoms with Crippen molar-refractivity contribution in [2.24, 2.45) is 0 Å². The Morgan fingerprint density at radius 1 is 1.25 bits per heavy atom. The minimum Gasteiger partial charge on any atom is -0.398 e. The van der Waals surface area contributed by atoms with Crippen LogP contribution < -0.4 is 5.73 Å². The van der Waals surface area contributed by atoms with Gasteiger partial charge in [-0.1, -0.05) is 23.9 Å². The molecule has 0 aliphatic carbocycles. The van der Waals surface area contributed by atoms with Crippen LogP contribution in [0.5, 0.6) is 0 Å². The van der Waals surface area contributed by atoms with E-state index < -0.39 is 0 Å². The molecule has 0 bridgehead atoms. The summed E-state index contributed by atoms with van der Waals surface area (Å²) in [6, 6.07) is 9.97. The summed E-state index contributed by atoms with van der Waals surface area (Å²) in [6.45, 7) is 2.01. The minimum absolute atomic E-state index is 0.831. The van der Waals surface area contributed by atoms with Crippen LogP contribution >= 0.6 is 27.7 Å². The van der Waals surface area contributed by atoms with Crippen LogP contribution in [0.1, 0.15) is 5.56 Å². The number of rotatable bonds is 2. The van der Waals surface area contributed by atoms with E-state index in [4.69, 9.17) is 5.73 Å². The van der Waals surface area contributed by atoms with Crippen molar-refractivity contribution in [2.75, 3.05) is 5.73 Å². The summed E-state index contributed by atoms with van der Waals surface area (Å²) in [5.74, 6) is 0. The van der Waals surface area contributed by atoms with Crippen LogP contribution in [0.2, 0.25) is 0 Å². The smallest absolute Gasteiger partial charge is 0.101 e. The van der Waals surface area contributed by atoms with E-state index in [9.17, 15) is 0 Å². The zero-order chi connectivity index (χ0) is 11.5. The molecule has 0 radical (unpaired) electrons. The SMILES string of the molecule is Cc1cccc(Sc2ccc(Br)cn2)c1N. The predicted molar refractivity (Wildman–Crippen MR) is 71.7 cm³/mol. The van der Waals surface area contributed by atoms with Crippen LogP contribution in [0, 0.1) is 6.92 Å². The lowest BCUT2D eigenvalue weighted by molar-refractivity contribution is 1.12. The van der Waals surface area contributed by atoms with E-state index >= 15 is 0 Å². The van der Waals surface area contributed by atoms with Crippen molar-refractivity contribution in [2.45, 2.75) is 16.8 Å². The van der Waals surface area contributed by atoms with Gasteiger partial charge in [0.15, 0.2) is 0 Å². The van der Waals surface area contributed by atoms with Gasteiger partial charge in [0.05, 0.1) is 0 Å². The van der Waals surface area contributed by atoms with Crippen LogP contribution in [-0.2, 0) is 0 Å². The average Bonchev–Trinajstić information content (AvgIpc) is 2.28. The number of nitrogen functional groups attached to an aromatic ring is 1. The fourth-order valence-electron chi connectivity index (χ4n) is 1.28. The van der Waals surface area contributed by atoms with Crippen molar-refractivity contribution >= 4 is 33.4 Å². The molecule has 0 spiro atoms. The first-order valence-electron chi connectivity index (χ1n) is 4.81. The second kappa shape index (κ2) is 4.89. The van der Waals surface area contributed by atoms with Crippen LogP contribution in [0.4, 0.5) is 5.69 Å². The number of halogens is 1. The highest BCUT2D eigenvalue weighted by atomic mass is 79.9. The van der Waals surface area contributed by atoms with Crippen molar-refractivity contribution in [1.29, 1.82) is 0 Å². The maximum absolute atomic E-state index is 6.00. The van der Waals surface area contributed by atoms with Crippen molar-refractivity contribution in [1.82, 2.24) is 4.98 Å². The van der Waals surface area contributed by atoms with E-state index in [1.165, 1.54) is 0 Å². The molecule has 4 heteroatoms. The van der Waals surface area contributed by atoms with E-state index in [-0.39, 0.29) is 0 Å². The van der Waals surface area contributed by atoms with E-state index in [0.29, 0.717) is 0 Å². The van der Waals surface area contributed by atoms with Crippen LogP contribution in [-0.4, -0.2) is 4.98 Å². The second-order valence-corrected chi connectivity index (χ2v) is 5.38. The Bertz CT molecular complexity index is 497. The average molecular weight is 295 g/mol. The molecule has 2 nitrogen and oxygen atoms in total. The number of pyridine rings is 1. The summed E-state index contributed by atoms with van der Waals surface area (Å²) in [6.07, 6.45) is 1.79. The largest absolute Gasteiger partial charge is 0.398 e. The molecule has 1 aromatic carbocycles. The molecule has 0 unspecified atom stereocenters. The normalized spacial score (nSPS) is 10.4. The van der Waals surface area contributed by atoms with E-state index in [1.54, 1.807) is 18.0 Å². The Morgan fingerprint density at radius 2 is 2.06 bits per heavy atom. The van der Waals surface area contributed by atoms with Gasteiger partial charge < -0.3 is 5.73 Å². The Labute approximate surface area is 107 Å². The Morgan fingerprint density at radius 3 is 2.75 bits per heavy atom. The third-order valence-corrected chi connectivity index (χ3v) is 3.69. The lowest BCUT2D eigenvalue weighted by Crippen LogP contribution is -1.92. The lowest BCUT2D eigenvalue weighted by atomic mass is 10.2. The van der Waals surface area contributed by atoms with Gasteiger partial charge >= 0.3 is 0 Å². The number of nitrogens with zero attached hydrogens (tertiary/aromatic N) is 1. The van der Waals surface area contributed by atoms with Gasteiger partial charge in [-0.15, -0.1) is 0 Å². The molecule has 0 fully saturated rings. The molecule has 2 rings (SSSR count). The molecule has 0 aliphatic rings. The molecular formula is C12H11BrN2S. The van der Waals surface area contributed by atoms with Gasteiger partial charge in [0.25, 0.3) is 0 Å². The maximum atomic E-state index is 6.00. The summed E-state index contributed by atoms with van der Waals surface area (Å²) in [5.41, 5.74) is 7.93. The summed E-state index contributed by atoms with van der Waals surface area (Å²) in [5, 5.41) is 0.945. The van der Waals surface area contributed by atoms with Crippen molar-refractivity contribution in [3.63, 3.8) is 0 Å². The number of anilines is 1. The van der Waals surface area contributed by atoms with Crippen molar-refractivity contribution in [3.05, 3.63) is 46.6 Å². The van der Waals surface area contributed by atoms with Gasteiger partial charge in [-0.25, -0.2) is 4.98 Å². The highest BCUT2D eigenvalue weighted by molar-refractivity contribution is 9.10. The molecule has 16 heavy (non-hydrogen) atoms. The van der Waals surface area contributed by atoms with E-state index in [0.717, 1.165) is 25.6 Å². The summed E-state index contributed by atoms with van der Waals surface area (Å²) in [7, 11) is 0. The first-order valence-corrected chi connectivity index (χ1v) is 6.42. The van der Waals surface area contributed by atoms with Crippen LogP contribution in [0.3, 0.4) is 0 Å². The van der Waals surface area contributed by atoms with E-state index in [1.807, 2.05) is 37.3 Å². The fraction of sp³-hybridized carbons (Fsp3) is 0.0833. The van der Waals surface area contributed by atoms with Gasteiger partial charge in [-0.2, -0.15) is 0 Å². The first kappa shape index (κ1) is 11.5. The summed E-state index contributed by atoms with van der Waals surface area (Å²) < 4.78 is 0.981. The van der Waals surface area contributed by atoms with Crippen molar-refractivity contribution in [3.8, 4) is 0 Å². The number of aromatic nitrogens is 1. The van der Waals surface area contributed by atoms with Crippen LogP contribution in [0.15, 0.2) is 50.9 Å². The number of para-hydroxylation sites is 1. The molecule has 0 aliphatic heterocycles. The second-order valence-electron chi connectivity index (χ2n) is 3.40.